The molecular formula is C26H14Cl2N4. The Morgan fingerprint density at radius 2 is 1.34 bits per heavy atom. The van der Waals surface area contributed by atoms with Crippen LogP contribution in [0.15, 0.2) is 66.9 Å². The van der Waals surface area contributed by atoms with Crippen LogP contribution in [0.2, 0.25) is 10.0 Å². The number of pyridine rings is 1. The molecule has 0 saturated heterocycles. The average molecular weight is 453 g/mol. The highest BCUT2D eigenvalue weighted by Gasteiger charge is 2.25. The van der Waals surface area contributed by atoms with E-state index in [0.717, 1.165) is 33.4 Å². The fourth-order valence-corrected chi connectivity index (χ4v) is 4.38. The molecule has 0 atom stereocenters. The quantitative estimate of drug-likeness (QED) is 0.284. The van der Waals surface area contributed by atoms with Crippen LogP contribution in [-0.2, 0) is 0 Å². The Hall–Kier alpha value is -3.83. The molecule has 6 heteroatoms. The second-order valence-corrected chi connectivity index (χ2v) is 8.30. The minimum atomic E-state index is 0.258. The van der Waals surface area contributed by atoms with Crippen LogP contribution in [0.1, 0.15) is 16.7 Å². The number of hydrogen-bond donors (Lipinski definition) is 0. The summed E-state index contributed by atoms with van der Waals surface area (Å²) in [6, 6.07) is 23.2. The van der Waals surface area contributed by atoms with Crippen LogP contribution in [0.3, 0.4) is 0 Å². The zero-order valence-corrected chi connectivity index (χ0v) is 18.4. The number of benzene rings is 3. The maximum atomic E-state index is 10.2. The van der Waals surface area contributed by atoms with E-state index < -0.39 is 0 Å². The molecule has 2 aromatic heterocycles. The molecule has 4 nitrogen and oxygen atoms in total. The van der Waals surface area contributed by atoms with Gasteiger partial charge in [-0.15, -0.1) is 0 Å². The lowest BCUT2D eigenvalue weighted by Gasteiger charge is -2.16. The van der Waals surface area contributed by atoms with Crippen molar-refractivity contribution in [3.05, 3.63) is 93.6 Å². The number of nitriles is 2. The highest BCUT2D eigenvalue weighted by atomic mass is 35.5. The molecular weight excluding hydrogens is 439 g/mol. The summed E-state index contributed by atoms with van der Waals surface area (Å²) in [5.74, 6) is 0. The maximum Gasteiger partial charge on any atom is 0.140 e. The molecule has 2 heterocycles. The lowest BCUT2D eigenvalue weighted by molar-refractivity contribution is 1.20. The molecule has 0 aliphatic carbocycles. The topological polar surface area (TPSA) is 64.9 Å². The van der Waals surface area contributed by atoms with Crippen molar-refractivity contribution in [2.45, 2.75) is 6.92 Å². The van der Waals surface area contributed by atoms with E-state index in [1.807, 2.05) is 66.1 Å². The molecule has 3 aromatic carbocycles. The van der Waals surface area contributed by atoms with Crippen LogP contribution in [0, 0.1) is 29.6 Å². The first-order valence-corrected chi connectivity index (χ1v) is 10.6. The van der Waals surface area contributed by atoms with Crippen molar-refractivity contribution < 1.29 is 0 Å². The molecule has 0 bridgehead atoms. The van der Waals surface area contributed by atoms with Gasteiger partial charge in [-0.1, -0.05) is 53.5 Å². The summed E-state index contributed by atoms with van der Waals surface area (Å²) < 4.78 is 1.98. The second-order valence-electron chi connectivity index (χ2n) is 7.43. The van der Waals surface area contributed by atoms with Gasteiger partial charge in [-0.3, -0.25) is 4.40 Å². The third-order valence-electron chi connectivity index (χ3n) is 5.56. The van der Waals surface area contributed by atoms with Crippen LogP contribution in [-0.4, -0.2) is 9.38 Å². The van der Waals surface area contributed by atoms with E-state index in [9.17, 15) is 10.5 Å². The van der Waals surface area contributed by atoms with E-state index in [4.69, 9.17) is 28.2 Å². The summed E-state index contributed by atoms with van der Waals surface area (Å²) in [6.07, 6.45) is 1.93. The molecule has 0 saturated carbocycles. The monoisotopic (exact) mass is 452 g/mol. The fraction of sp³-hybridized carbons (Fsp3) is 0.0385. The van der Waals surface area contributed by atoms with Crippen molar-refractivity contribution in [2.24, 2.45) is 0 Å². The summed E-state index contributed by atoms with van der Waals surface area (Å²) in [7, 11) is 0. The lowest BCUT2D eigenvalue weighted by Crippen LogP contribution is -1.98. The predicted molar refractivity (Wildman–Crippen MR) is 128 cm³/mol. The molecule has 5 aromatic rings. The third kappa shape index (κ3) is 3.01. The predicted octanol–water partition coefficient (Wildman–Crippen LogP) is 7.18. The smallest absolute Gasteiger partial charge is 0.140 e. The first-order chi connectivity index (χ1) is 15.5. The Kier molecular flexibility index (Phi) is 4.83. The molecule has 0 radical (unpaired) electrons. The third-order valence-corrected chi connectivity index (χ3v) is 6.06. The fourth-order valence-electron chi connectivity index (χ4n) is 4.13. The Bertz CT molecular complexity index is 1600. The Balaban J connectivity index is 2.09. The minimum absolute atomic E-state index is 0.258. The van der Waals surface area contributed by atoms with E-state index in [1.165, 1.54) is 0 Å². The van der Waals surface area contributed by atoms with Crippen molar-refractivity contribution in [3.63, 3.8) is 0 Å². The Morgan fingerprint density at radius 3 is 1.91 bits per heavy atom. The lowest BCUT2D eigenvalue weighted by atomic mass is 9.87. The molecule has 0 spiro atoms. The summed E-state index contributed by atoms with van der Waals surface area (Å²) in [5, 5.41) is 21.4. The largest absolute Gasteiger partial charge is 0.299 e. The van der Waals surface area contributed by atoms with Crippen molar-refractivity contribution in [2.75, 3.05) is 0 Å². The number of nitrogens with zero attached hydrogens (tertiary/aromatic N) is 4. The van der Waals surface area contributed by atoms with Gasteiger partial charge in [0.2, 0.25) is 0 Å². The van der Waals surface area contributed by atoms with Crippen LogP contribution in [0.25, 0.3) is 38.9 Å². The van der Waals surface area contributed by atoms with Crippen molar-refractivity contribution in [3.8, 4) is 34.4 Å². The van der Waals surface area contributed by atoms with Gasteiger partial charge in [0.15, 0.2) is 0 Å². The molecule has 32 heavy (non-hydrogen) atoms. The number of aryl methyl sites for hydroxylation is 1. The molecule has 0 N–H and O–H groups in total. The average Bonchev–Trinajstić information content (AvgIpc) is 3.19. The standard InChI is InChI=1S/C26H14Cl2N4/c1-15-3-2-12-32-25-23(17-6-10-19(28)11-7-17)22(16-4-8-18(27)9-5-16)20(13-29)21(14-30)24(25)31-26(15)32/h2-12H,1H3. The zero-order chi connectivity index (χ0) is 22.4. The Labute approximate surface area is 194 Å². The number of fused-ring (bicyclic) bond motifs is 3. The minimum Gasteiger partial charge on any atom is -0.299 e. The molecule has 0 fully saturated rings. The van der Waals surface area contributed by atoms with Crippen LogP contribution < -0.4 is 0 Å². The van der Waals surface area contributed by atoms with Gasteiger partial charge in [-0.05, 0) is 53.9 Å². The van der Waals surface area contributed by atoms with Crippen molar-refractivity contribution in [1.82, 2.24) is 9.38 Å². The normalized spacial score (nSPS) is 10.9. The van der Waals surface area contributed by atoms with Gasteiger partial charge in [-0.2, -0.15) is 10.5 Å². The molecule has 0 aliphatic heterocycles. The van der Waals surface area contributed by atoms with E-state index in [2.05, 4.69) is 12.1 Å². The molecule has 0 aliphatic rings. The van der Waals surface area contributed by atoms with E-state index in [0.29, 0.717) is 21.1 Å². The number of imidazole rings is 1. The molecule has 5 rings (SSSR count). The summed E-state index contributed by atoms with van der Waals surface area (Å²) in [4.78, 5) is 4.79. The number of aromatic nitrogens is 2. The number of rotatable bonds is 2. The highest BCUT2D eigenvalue weighted by Crippen LogP contribution is 2.43. The van der Waals surface area contributed by atoms with Gasteiger partial charge in [0.1, 0.15) is 23.3 Å². The Morgan fingerprint density at radius 1 is 0.781 bits per heavy atom. The van der Waals surface area contributed by atoms with E-state index in [-0.39, 0.29) is 11.1 Å². The van der Waals surface area contributed by atoms with Gasteiger partial charge >= 0.3 is 0 Å². The highest BCUT2D eigenvalue weighted by molar-refractivity contribution is 6.31. The van der Waals surface area contributed by atoms with Gasteiger partial charge in [0, 0.05) is 27.4 Å². The molecule has 0 unspecified atom stereocenters. The van der Waals surface area contributed by atoms with E-state index >= 15 is 0 Å². The van der Waals surface area contributed by atoms with Crippen LogP contribution >= 0.6 is 23.2 Å². The van der Waals surface area contributed by atoms with Gasteiger partial charge in [0.25, 0.3) is 0 Å². The zero-order valence-electron chi connectivity index (χ0n) is 16.9. The number of hydrogen-bond acceptors (Lipinski definition) is 3. The van der Waals surface area contributed by atoms with E-state index in [1.54, 1.807) is 12.1 Å². The summed E-state index contributed by atoms with van der Waals surface area (Å²) in [5.41, 5.74) is 6.67. The molecule has 0 amide bonds. The van der Waals surface area contributed by atoms with Gasteiger partial charge < -0.3 is 0 Å². The van der Waals surface area contributed by atoms with Crippen molar-refractivity contribution >= 4 is 39.9 Å². The van der Waals surface area contributed by atoms with Crippen molar-refractivity contribution in [1.29, 1.82) is 10.5 Å². The van der Waals surface area contributed by atoms with Gasteiger partial charge in [-0.25, -0.2) is 4.98 Å². The van der Waals surface area contributed by atoms with Gasteiger partial charge in [0.05, 0.1) is 16.6 Å². The first kappa shape index (κ1) is 20.1. The summed E-state index contributed by atoms with van der Waals surface area (Å²) in [6.45, 7) is 1.97. The SMILES string of the molecule is Cc1cccn2c1nc1c(C#N)c(C#N)c(-c3ccc(Cl)cc3)c(-c3ccc(Cl)cc3)c12. The molecule has 152 valence electrons. The number of halogens is 2. The maximum absolute atomic E-state index is 10.2. The first-order valence-electron chi connectivity index (χ1n) is 9.83. The van der Waals surface area contributed by atoms with Crippen LogP contribution in [0.4, 0.5) is 0 Å². The van der Waals surface area contributed by atoms with Crippen LogP contribution in [0.5, 0.6) is 0 Å². The second kappa shape index (κ2) is 7.70. The summed E-state index contributed by atoms with van der Waals surface area (Å²) >= 11 is 12.3.